The Balaban J connectivity index is 1.38. The molecule has 1 aromatic heterocycles. The Morgan fingerprint density at radius 1 is 1.04 bits per heavy atom. The minimum atomic E-state index is -0.505. The van der Waals surface area contributed by atoms with Crippen LogP contribution < -0.4 is 14.8 Å². The van der Waals surface area contributed by atoms with Crippen molar-refractivity contribution in [1.82, 2.24) is 4.98 Å². The number of nitrogens with one attached hydrogen (secondary N) is 1. The van der Waals surface area contributed by atoms with E-state index in [9.17, 15) is 4.79 Å². The highest BCUT2D eigenvalue weighted by atomic mass is 16.7. The number of aromatic nitrogens is 1. The summed E-state index contributed by atoms with van der Waals surface area (Å²) in [6.07, 6.45) is 3.46. The standard InChI is InChI=1S/C23H20N2O3/c1-15-11-21(24-13-18(15)16-5-3-2-4-6-16)25-22(26)23(9-10-23)17-7-8-19-20(12-17)28-14-27-19/h2-8,11-13H,9-10,14H2,1H3,(H,24,25,26). The highest BCUT2D eigenvalue weighted by Gasteiger charge is 2.51. The van der Waals surface area contributed by atoms with E-state index >= 15 is 0 Å². The van der Waals surface area contributed by atoms with Gasteiger partial charge in [-0.25, -0.2) is 4.98 Å². The van der Waals surface area contributed by atoms with Crippen LogP contribution in [0.5, 0.6) is 11.5 Å². The van der Waals surface area contributed by atoms with Crippen molar-refractivity contribution in [3.8, 4) is 22.6 Å². The molecule has 0 atom stereocenters. The molecule has 28 heavy (non-hydrogen) atoms. The summed E-state index contributed by atoms with van der Waals surface area (Å²) >= 11 is 0. The second kappa shape index (κ2) is 6.37. The second-order valence-electron chi connectivity index (χ2n) is 7.35. The lowest BCUT2D eigenvalue weighted by atomic mass is 9.94. The number of fused-ring (bicyclic) bond motifs is 1. The first-order valence-corrected chi connectivity index (χ1v) is 9.39. The Labute approximate surface area is 163 Å². The molecule has 1 N–H and O–H groups in total. The van der Waals surface area contributed by atoms with Crippen molar-refractivity contribution in [3.63, 3.8) is 0 Å². The lowest BCUT2D eigenvalue weighted by Crippen LogP contribution is -2.28. The van der Waals surface area contributed by atoms with Crippen molar-refractivity contribution >= 4 is 11.7 Å². The first-order valence-electron chi connectivity index (χ1n) is 9.39. The average molecular weight is 372 g/mol. The molecule has 2 aromatic carbocycles. The van der Waals surface area contributed by atoms with E-state index < -0.39 is 5.41 Å². The second-order valence-corrected chi connectivity index (χ2v) is 7.35. The quantitative estimate of drug-likeness (QED) is 0.735. The van der Waals surface area contributed by atoms with Crippen molar-refractivity contribution in [1.29, 1.82) is 0 Å². The van der Waals surface area contributed by atoms with Gasteiger partial charge in [-0.2, -0.15) is 0 Å². The molecule has 0 saturated heterocycles. The number of ether oxygens (including phenoxy) is 2. The van der Waals surface area contributed by atoms with Crippen LogP contribution in [0, 0.1) is 6.92 Å². The third-order valence-electron chi connectivity index (χ3n) is 5.55. The van der Waals surface area contributed by atoms with E-state index in [-0.39, 0.29) is 12.7 Å². The van der Waals surface area contributed by atoms with Crippen LogP contribution >= 0.6 is 0 Å². The van der Waals surface area contributed by atoms with Gasteiger partial charge in [-0.15, -0.1) is 0 Å². The fraction of sp³-hybridized carbons (Fsp3) is 0.217. The number of pyridine rings is 1. The van der Waals surface area contributed by atoms with Crippen LogP contribution in [-0.2, 0) is 10.2 Å². The van der Waals surface area contributed by atoms with Crippen LogP contribution in [0.2, 0.25) is 0 Å². The summed E-state index contributed by atoms with van der Waals surface area (Å²) < 4.78 is 10.8. The molecular weight excluding hydrogens is 352 g/mol. The number of rotatable bonds is 4. The van der Waals surface area contributed by atoms with Crippen molar-refractivity contribution < 1.29 is 14.3 Å². The number of carbonyl (C=O) groups is 1. The maximum atomic E-state index is 13.0. The lowest BCUT2D eigenvalue weighted by Gasteiger charge is -2.16. The number of hydrogen-bond acceptors (Lipinski definition) is 4. The number of amides is 1. The van der Waals surface area contributed by atoms with Crippen LogP contribution in [0.25, 0.3) is 11.1 Å². The van der Waals surface area contributed by atoms with E-state index in [1.165, 1.54) is 0 Å². The average Bonchev–Trinajstić information content (AvgIpc) is 3.40. The Bertz CT molecular complexity index is 1060. The predicted molar refractivity (Wildman–Crippen MR) is 107 cm³/mol. The van der Waals surface area contributed by atoms with Gasteiger partial charge in [0.2, 0.25) is 12.7 Å². The molecule has 3 aromatic rings. The van der Waals surface area contributed by atoms with Crippen molar-refractivity contribution in [2.24, 2.45) is 0 Å². The maximum absolute atomic E-state index is 13.0. The minimum absolute atomic E-state index is 0.0225. The van der Waals surface area contributed by atoms with Crippen LogP contribution in [0.3, 0.4) is 0 Å². The van der Waals surface area contributed by atoms with Gasteiger partial charge < -0.3 is 14.8 Å². The van der Waals surface area contributed by atoms with Crippen LogP contribution in [0.4, 0.5) is 5.82 Å². The largest absolute Gasteiger partial charge is 0.454 e. The van der Waals surface area contributed by atoms with E-state index in [0.717, 1.165) is 40.8 Å². The third-order valence-corrected chi connectivity index (χ3v) is 5.55. The molecule has 1 amide bonds. The third kappa shape index (κ3) is 2.80. The predicted octanol–water partition coefficient (Wildman–Crippen LogP) is 4.46. The Morgan fingerprint density at radius 3 is 2.57 bits per heavy atom. The molecule has 1 aliphatic heterocycles. The van der Waals surface area contributed by atoms with Gasteiger partial charge in [0.25, 0.3) is 0 Å². The van der Waals surface area contributed by atoms with Crippen molar-refractivity contribution in [2.45, 2.75) is 25.2 Å². The van der Waals surface area contributed by atoms with Crippen LogP contribution in [-0.4, -0.2) is 17.7 Å². The van der Waals surface area contributed by atoms with E-state index in [2.05, 4.69) is 22.4 Å². The van der Waals surface area contributed by atoms with Crippen molar-refractivity contribution in [2.75, 3.05) is 12.1 Å². The molecule has 2 heterocycles. The van der Waals surface area contributed by atoms with Gasteiger partial charge in [0.1, 0.15) is 5.82 Å². The van der Waals surface area contributed by atoms with Gasteiger partial charge in [0, 0.05) is 11.8 Å². The summed E-state index contributed by atoms with van der Waals surface area (Å²) in [6, 6.07) is 17.8. The van der Waals surface area contributed by atoms with Crippen LogP contribution in [0.1, 0.15) is 24.0 Å². The summed E-state index contributed by atoms with van der Waals surface area (Å²) in [5.74, 6) is 1.99. The molecular formula is C23H20N2O3. The van der Waals surface area contributed by atoms with E-state index in [1.54, 1.807) is 0 Å². The van der Waals surface area contributed by atoms with Gasteiger partial charge in [0.05, 0.1) is 5.41 Å². The number of nitrogens with zero attached hydrogens (tertiary/aromatic N) is 1. The highest BCUT2D eigenvalue weighted by molar-refractivity contribution is 6.01. The minimum Gasteiger partial charge on any atom is -0.454 e. The van der Waals surface area contributed by atoms with Crippen molar-refractivity contribution in [3.05, 3.63) is 71.9 Å². The zero-order chi connectivity index (χ0) is 19.1. The molecule has 0 spiro atoms. The Hall–Kier alpha value is -3.34. The number of aryl methyl sites for hydroxylation is 1. The van der Waals surface area contributed by atoms with Gasteiger partial charge >= 0.3 is 0 Å². The molecule has 0 unspecified atom stereocenters. The normalized spacial score (nSPS) is 15.9. The van der Waals surface area contributed by atoms with Gasteiger partial charge in [-0.3, -0.25) is 4.79 Å². The summed E-state index contributed by atoms with van der Waals surface area (Å²) in [6.45, 7) is 2.26. The first-order chi connectivity index (χ1) is 13.7. The molecule has 5 heteroatoms. The zero-order valence-electron chi connectivity index (χ0n) is 15.6. The molecule has 5 nitrogen and oxygen atoms in total. The summed E-state index contributed by atoms with van der Waals surface area (Å²) in [4.78, 5) is 17.5. The Morgan fingerprint density at radius 2 is 1.82 bits per heavy atom. The van der Waals surface area contributed by atoms with E-state index in [4.69, 9.17) is 9.47 Å². The fourth-order valence-electron chi connectivity index (χ4n) is 3.75. The van der Waals surface area contributed by atoms with Gasteiger partial charge in [-0.05, 0) is 54.7 Å². The molecule has 0 bridgehead atoms. The van der Waals surface area contributed by atoms with Gasteiger partial charge in [0.15, 0.2) is 11.5 Å². The number of carbonyl (C=O) groups excluding carboxylic acids is 1. The molecule has 1 aliphatic carbocycles. The van der Waals surface area contributed by atoms with Crippen LogP contribution in [0.15, 0.2) is 60.8 Å². The smallest absolute Gasteiger partial charge is 0.236 e. The molecule has 140 valence electrons. The number of hydrogen-bond donors (Lipinski definition) is 1. The SMILES string of the molecule is Cc1cc(NC(=O)C2(c3ccc4c(c3)OCO4)CC2)ncc1-c1ccccc1. The highest BCUT2D eigenvalue weighted by Crippen LogP contribution is 2.51. The van der Waals surface area contributed by atoms with E-state index in [0.29, 0.717) is 11.6 Å². The molecule has 1 fully saturated rings. The topological polar surface area (TPSA) is 60.5 Å². The summed E-state index contributed by atoms with van der Waals surface area (Å²) in [5.41, 5.74) is 3.71. The summed E-state index contributed by atoms with van der Waals surface area (Å²) in [5, 5.41) is 3.01. The number of anilines is 1. The number of benzene rings is 2. The first kappa shape index (κ1) is 16.8. The maximum Gasteiger partial charge on any atom is 0.236 e. The molecule has 0 radical (unpaired) electrons. The zero-order valence-corrected chi connectivity index (χ0v) is 15.6. The van der Waals surface area contributed by atoms with E-state index in [1.807, 2.05) is 55.6 Å². The Kier molecular flexibility index (Phi) is 3.83. The molecule has 2 aliphatic rings. The lowest BCUT2D eigenvalue weighted by molar-refractivity contribution is -0.118. The molecule has 5 rings (SSSR count). The van der Waals surface area contributed by atoms with Gasteiger partial charge in [-0.1, -0.05) is 36.4 Å². The fourth-order valence-corrected chi connectivity index (χ4v) is 3.75. The summed E-state index contributed by atoms with van der Waals surface area (Å²) in [7, 11) is 0. The monoisotopic (exact) mass is 372 g/mol. The molecule has 1 saturated carbocycles.